The maximum atomic E-state index is 11.9. The maximum Gasteiger partial charge on any atom is 0.422 e. The molecule has 0 saturated heterocycles. The van der Waals surface area contributed by atoms with E-state index in [-0.39, 0.29) is 6.54 Å². The van der Waals surface area contributed by atoms with E-state index in [1.54, 1.807) is 37.6 Å². The van der Waals surface area contributed by atoms with Gasteiger partial charge in [0.25, 0.3) is 0 Å². The Morgan fingerprint density at radius 2 is 1.81 bits per heavy atom. The van der Waals surface area contributed by atoms with E-state index >= 15 is 0 Å². The predicted octanol–water partition coefficient (Wildman–Crippen LogP) is 2.28. The van der Waals surface area contributed by atoms with Crippen LogP contribution in [-0.4, -0.2) is 52.4 Å². The zero-order valence-corrected chi connectivity index (χ0v) is 19.4. The van der Waals surface area contributed by atoms with E-state index in [2.05, 4.69) is 21.1 Å². The van der Waals surface area contributed by atoms with Crippen LogP contribution in [0.5, 0.6) is 11.5 Å². The highest BCUT2D eigenvalue weighted by atomic mass is 32.2. The Morgan fingerprint density at radius 1 is 1.16 bits per heavy atom. The number of hydrogen-bond donors (Lipinski definition) is 3. The van der Waals surface area contributed by atoms with Crippen molar-refractivity contribution in [3.05, 3.63) is 23.9 Å². The minimum atomic E-state index is -4.06. The van der Waals surface area contributed by atoms with Crippen molar-refractivity contribution in [2.45, 2.75) is 32.8 Å². The number of methoxy groups -OCH3 is 2. The van der Waals surface area contributed by atoms with Gasteiger partial charge in [0.15, 0.2) is 11.5 Å². The lowest BCUT2D eigenvalue weighted by molar-refractivity contribution is 0.0569. The molecule has 32 heavy (non-hydrogen) atoms. The molecule has 1 amide bonds. The van der Waals surface area contributed by atoms with E-state index in [0.29, 0.717) is 46.6 Å². The number of hydrogen-bond acceptors (Lipinski definition) is 9. The number of nitrogens with zero attached hydrogens (tertiary/aromatic N) is 2. The van der Waals surface area contributed by atoms with Crippen molar-refractivity contribution in [1.82, 2.24) is 14.4 Å². The first-order valence-corrected chi connectivity index (χ1v) is 11.2. The number of anilines is 1. The van der Waals surface area contributed by atoms with Gasteiger partial charge in [0.1, 0.15) is 11.7 Å². The van der Waals surface area contributed by atoms with Crippen molar-refractivity contribution >= 4 is 32.9 Å². The number of nitriles is 1. The Hall–Kier alpha value is -3.30. The van der Waals surface area contributed by atoms with Crippen LogP contribution < -0.4 is 24.2 Å². The SMILES string of the molecule is COc1cc2ncc(C#N)c(NCCCNS(=O)(=O)NC(=O)OC(C)(C)C)c2cc1OC. The molecule has 1 heterocycles. The fourth-order valence-electron chi connectivity index (χ4n) is 2.75. The summed E-state index contributed by atoms with van der Waals surface area (Å²) in [5, 5.41) is 13.3. The molecule has 174 valence electrons. The third kappa shape index (κ3) is 6.86. The second kappa shape index (κ2) is 10.3. The summed E-state index contributed by atoms with van der Waals surface area (Å²) in [6, 6.07) is 5.51. The van der Waals surface area contributed by atoms with Gasteiger partial charge < -0.3 is 19.5 Å². The number of rotatable bonds is 9. The van der Waals surface area contributed by atoms with Gasteiger partial charge in [0.05, 0.1) is 31.0 Å². The number of fused-ring (bicyclic) bond motifs is 1. The number of pyridine rings is 1. The van der Waals surface area contributed by atoms with Gasteiger partial charge in [-0.25, -0.2) is 9.52 Å². The Kier molecular flexibility index (Phi) is 8.07. The van der Waals surface area contributed by atoms with Crippen LogP contribution >= 0.6 is 0 Å². The normalized spacial score (nSPS) is 11.5. The Balaban J connectivity index is 2.03. The molecule has 0 fully saturated rings. The van der Waals surface area contributed by atoms with Gasteiger partial charge in [-0.3, -0.25) is 4.98 Å². The summed E-state index contributed by atoms with van der Waals surface area (Å²) in [5.74, 6) is 0.996. The first kappa shape index (κ1) is 25.0. The number of nitrogens with one attached hydrogen (secondary N) is 3. The van der Waals surface area contributed by atoms with Crippen molar-refractivity contribution < 1.29 is 27.4 Å². The molecule has 1 aromatic carbocycles. The molecule has 0 aliphatic rings. The van der Waals surface area contributed by atoms with Crippen molar-refractivity contribution in [2.75, 3.05) is 32.6 Å². The van der Waals surface area contributed by atoms with Gasteiger partial charge in [0, 0.05) is 30.7 Å². The van der Waals surface area contributed by atoms with Crippen LogP contribution in [0.4, 0.5) is 10.5 Å². The van der Waals surface area contributed by atoms with Gasteiger partial charge in [-0.2, -0.15) is 18.4 Å². The highest BCUT2D eigenvalue weighted by Gasteiger charge is 2.21. The Morgan fingerprint density at radius 3 is 2.41 bits per heavy atom. The summed E-state index contributed by atoms with van der Waals surface area (Å²) in [7, 11) is -1.03. The molecule has 0 atom stereocenters. The van der Waals surface area contributed by atoms with Crippen molar-refractivity contribution in [2.24, 2.45) is 0 Å². The van der Waals surface area contributed by atoms with E-state index in [9.17, 15) is 18.5 Å². The van der Waals surface area contributed by atoms with Crippen LogP contribution in [0, 0.1) is 11.3 Å². The lowest BCUT2D eigenvalue weighted by atomic mass is 10.1. The van der Waals surface area contributed by atoms with Crippen molar-refractivity contribution in [1.29, 1.82) is 5.26 Å². The van der Waals surface area contributed by atoms with Gasteiger partial charge in [-0.05, 0) is 33.3 Å². The molecule has 12 heteroatoms. The molecule has 0 bridgehead atoms. The molecule has 0 radical (unpaired) electrons. The standard InChI is InChI=1S/C20H27N5O6S/c1-20(2,3)31-19(26)25-32(27,28)24-8-6-7-22-18-13(11-21)12-23-15-10-17(30-5)16(29-4)9-14(15)18/h9-10,12,24H,6-8H2,1-5H3,(H,22,23)(H,25,26). The molecular formula is C20H27N5O6S. The number of benzene rings is 1. The molecule has 0 aliphatic heterocycles. The van der Waals surface area contributed by atoms with Gasteiger partial charge in [-0.15, -0.1) is 0 Å². The number of carbonyl (C=O) groups excluding carboxylic acids is 1. The third-order valence-corrected chi connectivity index (χ3v) is 5.08. The van der Waals surface area contributed by atoms with Crippen LogP contribution in [0.1, 0.15) is 32.8 Å². The molecular weight excluding hydrogens is 438 g/mol. The number of ether oxygens (including phenoxy) is 3. The van der Waals surface area contributed by atoms with Crippen LogP contribution in [0.25, 0.3) is 10.9 Å². The number of amides is 1. The quantitative estimate of drug-likeness (QED) is 0.474. The monoisotopic (exact) mass is 465 g/mol. The molecule has 0 spiro atoms. The van der Waals surface area contributed by atoms with Gasteiger partial charge >= 0.3 is 16.3 Å². The summed E-state index contributed by atoms with van der Waals surface area (Å²) in [6.07, 6.45) is 0.760. The topological polar surface area (TPSA) is 152 Å². The number of aromatic nitrogens is 1. The van der Waals surface area contributed by atoms with Crippen LogP contribution in [0.3, 0.4) is 0 Å². The van der Waals surface area contributed by atoms with E-state index in [0.717, 1.165) is 0 Å². The molecule has 1 aromatic heterocycles. The minimum absolute atomic E-state index is 0.0488. The van der Waals surface area contributed by atoms with Crippen LogP contribution in [0.15, 0.2) is 18.3 Å². The molecule has 0 unspecified atom stereocenters. The smallest absolute Gasteiger partial charge is 0.422 e. The fraction of sp³-hybridized carbons (Fsp3) is 0.450. The fourth-order valence-corrected chi connectivity index (χ4v) is 3.49. The minimum Gasteiger partial charge on any atom is -0.493 e. The first-order valence-electron chi connectivity index (χ1n) is 9.68. The third-order valence-electron chi connectivity index (χ3n) is 4.06. The highest BCUT2D eigenvalue weighted by molar-refractivity contribution is 7.88. The average molecular weight is 466 g/mol. The maximum absolute atomic E-state index is 11.9. The Bertz CT molecular complexity index is 1120. The van der Waals surface area contributed by atoms with Gasteiger partial charge in [0.2, 0.25) is 0 Å². The summed E-state index contributed by atoms with van der Waals surface area (Å²) in [4.78, 5) is 15.9. The van der Waals surface area contributed by atoms with E-state index < -0.39 is 21.9 Å². The van der Waals surface area contributed by atoms with Crippen LogP contribution in [-0.2, 0) is 14.9 Å². The lowest BCUT2D eigenvalue weighted by Gasteiger charge is -2.19. The van der Waals surface area contributed by atoms with Crippen LogP contribution in [0.2, 0.25) is 0 Å². The zero-order valence-electron chi connectivity index (χ0n) is 18.6. The van der Waals surface area contributed by atoms with Crippen molar-refractivity contribution in [3.8, 4) is 17.6 Å². The molecule has 2 aromatic rings. The average Bonchev–Trinajstić information content (AvgIpc) is 2.70. The predicted molar refractivity (Wildman–Crippen MR) is 119 cm³/mol. The summed E-state index contributed by atoms with van der Waals surface area (Å²) >= 11 is 0. The first-order chi connectivity index (χ1) is 15.0. The molecule has 0 saturated carbocycles. The second-order valence-electron chi connectivity index (χ2n) is 7.67. The Labute approximate surface area is 187 Å². The number of carbonyl (C=O) groups is 1. The highest BCUT2D eigenvalue weighted by Crippen LogP contribution is 2.35. The zero-order chi connectivity index (χ0) is 23.9. The summed E-state index contributed by atoms with van der Waals surface area (Å²) in [6.45, 7) is 5.27. The van der Waals surface area contributed by atoms with E-state index in [1.165, 1.54) is 20.4 Å². The second-order valence-corrected chi connectivity index (χ2v) is 9.16. The molecule has 0 aliphatic carbocycles. The van der Waals surface area contributed by atoms with Gasteiger partial charge in [-0.1, -0.05) is 0 Å². The molecule has 11 nitrogen and oxygen atoms in total. The summed E-state index contributed by atoms with van der Waals surface area (Å²) in [5.41, 5.74) is 0.665. The summed E-state index contributed by atoms with van der Waals surface area (Å²) < 4.78 is 43.5. The molecule has 2 rings (SSSR count). The van der Waals surface area contributed by atoms with E-state index in [1.807, 2.05) is 0 Å². The van der Waals surface area contributed by atoms with E-state index in [4.69, 9.17) is 14.2 Å². The lowest BCUT2D eigenvalue weighted by Crippen LogP contribution is -2.43. The largest absolute Gasteiger partial charge is 0.493 e. The molecule has 3 N–H and O–H groups in total. The van der Waals surface area contributed by atoms with Crippen molar-refractivity contribution in [3.63, 3.8) is 0 Å².